The lowest BCUT2D eigenvalue weighted by Crippen LogP contribution is -2.56. The van der Waals surface area contributed by atoms with Gasteiger partial charge in [0.2, 0.25) is 0 Å². The quantitative estimate of drug-likeness (QED) is 0.489. The third-order valence-electron chi connectivity index (χ3n) is 7.73. The number of esters is 1. The van der Waals surface area contributed by atoms with Crippen LogP contribution in [0.4, 0.5) is 0 Å². The number of cyclic esters (lactones) is 1. The van der Waals surface area contributed by atoms with Gasteiger partial charge in [0.25, 0.3) is 0 Å². The van der Waals surface area contributed by atoms with Gasteiger partial charge in [-0.05, 0) is 54.8 Å². The Balaban J connectivity index is 1.63. The Morgan fingerprint density at radius 1 is 1.29 bits per heavy atom. The SMILES string of the molecule is CC12CCC[C@@](C)(CO)C1CCC1(CO1)C2C/C=C1\CCOC1=O. The summed E-state index contributed by atoms with van der Waals surface area (Å²) in [6.45, 7) is 6.36. The van der Waals surface area contributed by atoms with Crippen molar-refractivity contribution in [2.45, 2.75) is 64.4 Å². The van der Waals surface area contributed by atoms with Crippen molar-refractivity contribution in [1.82, 2.24) is 0 Å². The van der Waals surface area contributed by atoms with E-state index in [-0.39, 0.29) is 29.0 Å². The molecule has 1 spiro atoms. The number of carbonyl (C=O) groups is 1. The molecule has 0 bridgehead atoms. The predicted molar refractivity (Wildman–Crippen MR) is 90.3 cm³/mol. The first kappa shape index (κ1) is 16.6. The van der Waals surface area contributed by atoms with Crippen LogP contribution in [-0.2, 0) is 14.3 Å². The summed E-state index contributed by atoms with van der Waals surface area (Å²) in [5, 5.41) is 10.1. The maximum absolute atomic E-state index is 11.8. The molecule has 2 heterocycles. The van der Waals surface area contributed by atoms with E-state index in [1.807, 2.05) is 0 Å². The number of rotatable bonds is 3. The highest BCUT2D eigenvalue weighted by atomic mass is 16.6. The summed E-state index contributed by atoms with van der Waals surface area (Å²) in [5.41, 5.74) is 1.08. The Labute approximate surface area is 144 Å². The van der Waals surface area contributed by atoms with Crippen molar-refractivity contribution in [3.05, 3.63) is 11.6 Å². The van der Waals surface area contributed by atoms with Crippen molar-refractivity contribution in [1.29, 1.82) is 0 Å². The van der Waals surface area contributed by atoms with E-state index in [9.17, 15) is 9.90 Å². The zero-order chi connectivity index (χ0) is 17.0. The van der Waals surface area contributed by atoms with Crippen LogP contribution in [0.1, 0.15) is 58.8 Å². The molecule has 0 amide bonds. The van der Waals surface area contributed by atoms with Gasteiger partial charge in [0.1, 0.15) is 0 Å². The number of hydrogen-bond donors (Lipinski definition) is 1. The van der Waals surface area contributed by atoms with Crippen molar-refractivity contribution in [2.75, 3.05) is 19.8 Å². The molecule has 4 heteroatoms. The Hall–Kier alpha value is -0.870. The zero-order valence-corrected chi connectivity index (χ0v) is 15.0. The van der Waals surface area contributed by atoms with Crippen LogP contribution >= 0.6 is 0 Å². The predicted octanol–water partition coefficient (Wildman–Crippen LogP) is 3.23. The molecule has 4 fully saturated rings. The highest BCUT2D eigenvalue weighted by Crippen LogP contribution is 2.66. The van der Waals surface area contributed by atoms with Crippen LogP contribution in [0, 0.1) is 22.7 Å². The molecule has 4 rings (SSSR count). The van der Waals surface area contributed by atoms with Crippen LogP contribution in [0.2, 0.25) is 0 Å². The van der Waals surface area contributed by atoms with Gasteiger partial charge in [-0.15, -0.1) is 0 Å². The molecule has 4 aliphatic rings. The van der Waals surface area contributed by atoms with Crippen LogP contribution in [0.15, 0.2) is 11.6 Å². The second-order valence-corrected chi connectivity index (χ2v) is 9.02. The number of hydrogen-bond acceptors (Lipinski definition) is 4. The third kappa shape index (κ3) is 2.37. The number of aliphatic hydroxyl groups is 1. The molecule has 2 saturated heterocycles. The minimum atomic E-state index is -0.137. The molecule has 0 aromatic carbocycles. The lowest BCUT2D eigenvalue weighted by Gasteiger charge is -2.59. The first-order valence-electron chi connectivity index (χ1n) is 9.55. The molecule has 4 unspecified atom stereocenters. The highest BCUT2D eigenvalue weighted by Gasteiger charge is 2.65. The summed E-state index contributed by atoms with van der Waals surface area (Å²) in [5.74, 6) is 0.843. The molecular formula is C20H30O4. The van der Waals surface area contributed by atoms with E-state index in [2.05, 4.69) is 19.9 Å². The second-order valence-electron chi connectivity index (χ2n) is 9.02. The van der Waals surface area contributed by atoms with Crippen molar-refractivity contribution >= 4 is 5.97 Å². The molecule has 24 heavy (non-hydrogen) atoms. The lowest BCUT2D eigenvalue weighted by atomic mass is 9.45. The van der Waals surface area contributed by atoms with E-state index in [1.165, 1.54) is 12.8 Å². The maximum atomic E-state index is 11.8. The third-order valence-corrected chi connectivity index (χ3v) is 7.73. The second kappa shape index (κ2) is 5.57. The van der Waals surface area contributed by atoms with E-state index in [0.29, 0.717) is 18.4 Å². The Kier molecular flexibility index (Phi) is 3.85. The number of fused-ring (bicyclic) bond motifs is 1. The summed E-state index contributed by atoms with van der Waals surface area (Å²) in [7, 11) is 0. The van der Waals surface area contributed by atoms with Crippen LogP contribution in [0.5, 0.6) is 0 Å². The molecule has 0 aromatic rings. The van der Waals surface area contributed by atoms with Crippen LogP contribution in [0.3, 0.4) is 0 Å². The lowest BCUT2D eigenvalue weighted by molar-refractivity contribution is -0.135. The summed E-state index contributed by atoms with van der Waals surface area (Å²) in [6.07, 6.45) is 9.53. The van der Waals surface area contributed by atoms with Crippen molar-refractivity contribution < 1.29 is 19.4 Å². The van der Waals surface area contributed by atoms with Crippen molar-refractivity contribution in [3.8, 4) is 0 Å². The van der Waals surface area contributed by atoms with Gasteiger partial charge in [-0.2, -0.15) is 0 Å². The summed E-state index contributed by atoms with van der Waals surface area (Å²) in [6, 6.07) is 0. The zero-order valence-electron chi connectivity index (χ0n) is 15.0. The first-order valence-corrected chi connectivity index (χ1v) is 9.55. The molecule has 2 aliphatic carbocycles. The largest absolute Gasteiger partial charge is 0.462 e. The Morgan fingerprint density at radius 2 is 2.08 bits per heavy atom. The Bertz CT molecular complexity index is 564. The molecule has 5 atom stereocenters. The summed E-state index contributed by atoms with van der Waals surface area (Å²) >= 11 is 0. The van der Waals surface area contributed by atoms with Crippen molar-refractivity contribution in [3.63, 3.8) is 0 Å². The standard InChI is InChI=1S/C20H30O4/c1-18(12-21)8-3-9-19(2)15(18)6-10-20(13-24-20)16(19)5-4-14-7-11-23-17(14)22/h4,15-16,21H,3,5-13H2,1-2H3/b14-4+/t15?,16?,18-,19?,20?/m0/s1. The van der Waals surface area contributed by atoms with E-state index >= 15 is 0 Å². The van der Waals surface area contributed by atoms with Gasteiger partial charge >= 0.3 is 5.97 Å². The Morgan fingerprint density at radius 3 is 2.71 bits per heavy atom. The van der Waals surface area contributed by atoms with Crippen LogP contribution in [-0.4, -0.2) is 36.5 Å². The number of allylic oxidation sites excluding steroid dienone is 1. The smallest absolute Gasteiger partial charge is 0.333 e. The van der Waals surface area contributed by atoms with Gasteiger partial charge in [-0.1, -0.05) is 26.3 Å². The average Bonchev–Trinajstić information content (AvgIpc) is 3.20. The van der Waals surface area contributed by atoms with Gasteiger partial charge in [-0.25, -0.2) is 4.79 Å². The van der Waals surface area contributed by atoms with Gasteiger partial charge < -0.3 is 14.6 Å². The van der Waals surface area contributed by atoms with Gasteiger partial charge in [0, 0.05) is 18.6 Å². The normalized spacial score (nSPS) is 49.3. The van der Waals surface area contributed by atoms with Gasteiger partial charge in [0.15, 0.2) is 0 Å². The van der Waals surface area contributed by atoms with E-state index in [1.54, 1.807) is 0 Å². The van der Waals surface area contributed by atoms with E-state index in [0.717, 1.165) is 44.3 Å². The number of epoxide rings is 1. The highest BCUT2D eigenvalue weighted by molar-refractivity contribution is 5.90. The van der Waals surface area contributed by atoms with Crippen LogP contribution < -0.4 is 0 Å². The van der Waals surface area contributed by atoms with Gasteiger partial charge in [-0.3, -0.25) is 0 Å². The fourth-order valence-corrected chi connectivity index (χ4v) is 6.28. The fraction of sp³-hybridized carbons (Fsp3) is 0.850. The van der Waals surface area contributed by atoms with Crippen molar-refractivity contribution in [2.24, 2.45) is 22.7 Å². The molecule has 4 nitrogen and oxygen atoms in total. The maximum Gasteiger partial charge on any atom is 0.333 e. The fourth-order valence-electron chi connectivity index (χ4n) is 6.28. The molecule has 1 N–H and O–H groups in total. The average molecular weight is 334 g/mol. The van der Waals surface area contributed by atoms with E-state index in [4.69, 9.17) is 9.47 Å². The molecule has 2 saturated carbocycles. The monoisotopic (exact) mass is 334 g/mol. The first-order chi connectivity index (χ1) is 11.4. The molecule has 0 radical (unpaired) electrons. The minimum Gasteiger partial charge on any atom is -0.462 e. The molecule has 0 aromatic heterocycles. The number of ether oxygens (including phenoxy) is 2. The topological polar surface area (TPSA) is 59.1 Å². The summed E-state index contributed by atoms with van der Waals surface area (Å²) < 4.78 is 11.1. The minimum absolute atomic E-state index is 0.0263. The molecule has 134 valence electrons. The molecule has 2 aliphatic heterocycles. The van der Waals surface area contributed by atoms with Gasteiger partial charge in [0.05, 0.1) is 18.8 Å². The number of aliphatic hydroxyl groups excluding tert-OH is 1. The van der Waals surface area contributed by atoms with Crippen LogP contribution in [0.25, 0.3) is 0 Å². The molecular weight excluding hydrogens is 304 g/mol. The van der Waals surface area contributed by atoms with E-state index < -0.39 is 0 Å². The summed E-state index contributed by atoms with van der Waals surface area (Å²) in [4.78, 5) is 11.8. The number of carbonyl (C=O) groups excluding carboxylic acids is 1.